The summed E-state index contributed by atoms with van der Waals surface area (Å²) in [5, 5.41) is 7.03. The smallest absolute Gasteiger partial charge is 0.416 e. The molecule has 48 heavy (non-hydrogen) atoms. The summed E-state index contributed by atoms with van der Waals surface area (Å²) >= 11 is 0.751. The van der Waals surface area contributed by atoms with Crippen molar-refractivity contribution in [2.45, 2.75) is 70.1 Å². The zero-order valence-corrected chi connectivity index (χ0v) is 26.9. The number of nitrogens with one attached hydrogen (secondary N) is 1. The van der Waals surface area contributed by atoms with Gasteiger partial charge in [-0.1, -0.05) is 12.1 Å². The maximum Gasteiger partial charge on any atom is 0.416 e. The number of carbonyl (C=O) groups is 3. The Morgan fingerprint density at radius 1 is 1.08 bits per heavy atom. The molecule has 1 N–H and O–H groups in total. The van der Waals surface area contributed by atoms with Gasteiger partial charge < -0.3 is 14.8 Å². The quantitative estimate of drug-likeness (QED) is 0.200. The summed E-state index contributed by atoms with van der Waals surface area (Å²) in [7, 11) is 0. The van der Waals surface area contributed by atoms with Crippen LogP contribution in [0.4, 0.5) is 35.9 Å². The van der Waals surface area contributed by atoms with Gasteiger partial charge in [-0.2, -0.15) is 31.4 Å². The molecule has 258 valence electrons. The number of benzene rings is 2. The van der Waals surface area contributed by atoms with Gasteiger partial charge in [0.05, 0.1) is 46.4 Å². The predicted octanol–water partition coefficient (Wildman–Crippen LogP) is 7.62. The van der Waals surface area contributed by atoms with E-state index < -0.39 is 58.4 Å². The van der Waals surface area contributed by atoms with Crippen LogP contribution in [0.1, 0.15) is 62.3 Å². The number of thioether (sulfide) groups is 1. The average molecular weight is 699 g/mol. The van der Waals surface area contributed by atoms with Crippen molar-refractivity contribution in [2.75, 3.05) is 19.8 Å². The van der Waals surface area contributed by atoms with Crippen LogP contribution in [0, 0.1) is 0 Å². The second kappa shape index (κ2) is 13.1. The number of amides is 3. The van der Waals surface area contributed by atoms with E-state index in [2.05, 4.69) is 10.4 Å². The molecule has 9 nitrogen and oxygen atoms in total. The minimum Gasteiger partial charge on any atom is -0.444 e. The molecule has 0 spiro atoms. The Hall–Kier alpha value is -4.05. The normalized spacial score (nSPS) is 20.2. The predicted molar refractivity (Wildman–Crippen MR) is 165 cm³/mol. The van der Waals surface area contributed by atoms with Crippen LogP contribution in [0.3, 0.4) is 0 Å². The van der Waals surface area contributed by atoms with Gasteiger partial charge in [0.1, 0.15) is 5.60 Å². The van der Waals surface area contributed by atoms with Gasteiger partial charge in [0, 0.05) is 18.5 Å². The zero-order valence-electron chi connectivity index (χ0n) is 26.1. The number of alkyl halides is 6. The molecule has 3 heterocycles. The van der Waals surface area contributed by atoms with E-state index in [-0.39, 0.29) is 36.1 Å². The van der Waals surface area contributed by atoms with E-state index in [9.17, 15) is 40.7 Å². The van der Waals surface area contributed by atoms with E-state index in [1.807, 2.05) is 0 Å². The molecule has 0 saturated carbocycles. The van der Waals surface area contributed by atoms with E-state index in [4.69, 9.17) is 9.47 Å². The first-order valence-electron chi connectivity index (χ1n) is 14.9. The lowest BCUT2D eigenvalue weighted by Gasteiger charge is -2.38. The number of alkyl carbamates (subject to hydrolysis) is 1. The largest absolute Gasteiger partial charge is 0.444 e. The van der Waals surface area contributed by atoms with Crippen molar-refractivity contribution in [3.8, 4) is 0 Å². The van der Waals surface area contributed by atoms with Crippen molar-refractivity contribution in [1.82, 2.24) is 20.0 Å². The van der Waals surface area contributed by atoms with Crippen molar-refractivity contribution >= 4 is 46.0 Å². The number of hydrogen-bond donors (Lipinski definition) is 1. The van der Waals surface area contributed by atoms with Gasteiger partial charge in [0.25, 0.3) is 11.1 Å². The van der Waals surface area contributed by atoms with Gasteiger partial charge in [-0.3, -0.25) is 19.2 Å². The maximum atomic E-state index is 13.7. The van der Waals surface area contributed by atoms with Crippen molar-refractivity contribution in [1.29, 1.82) is 0 Å². The van der Waals surface area contributed by atoms with Crippen LogP contribution in [-0.2, 0) is 33.2 Å². The molecule has 3 aromatic rings. The molecule has 5 rings (SSSR count). The number of hydrogen-bond acceptors (Lipinski definition) is 7. The first-order chi connectivity index (χ1) is 22.3. The Labute approximate surface area is 275 Å². The lowest BCUT2D eigenvalue weighted by molar-refractivity contribution is -0.143. The first kappa shape index (κ1) is 35.3. The highest BCUT2D eigenvalue weighted by molar-refractivity contribution is 8.18. The number of aromatic nitrogens is 2. The molecule has 0 radical (unpaired) electrons. The van der Waals surface area contributed by atoms with Gasteiger partial charge in [0.2, 0.25) is 0 Å². The maximum absolute atomic E-state index is 13.7. The Kier molecular flexibility index (Phi) is 9.63. The number of halogens is 6. The SMILES string of the molecule is CC(C)(C)OC(=O)NC1(CCN2C(=O)SC(=Cc3ccc4c(cnn4Cc4ccc(C(F)(F)F)cc4C(F)(F)F)c3)C2=O)CCCOC1. The fraction of sp³-hybridized carbons (Fsp3) is 0.438. The number of nitrogens with zero attached hydrogens (tertiary/aromatic N) is 3. The van der Waals surface area contributed by atoms with E-state index in [0.29, 0.717) is 42.0 Å². The van der Waals surface area contributed by atoms with Crippen molar-refractivity contribution < 1.29 is 50.2 Å². The molecule has 2 fully saturated rings. The second-order valence-corrected chi connectivity index (χ2v) is 13.6. The highest BCUT2D eigenvalue weighted by Gasteiger charge is 2.41. The third-order valence-electron chi connectivity index (χ3n) is 7.80. The van der Waals surface area contributed by atoms with E-state index in [1.165, 1.54) is 17.0 Å². The molecule has 2 saturated heterocycles. The van der Waals surface area contributed by atoms with Gasteiger partial charge >= 0.3 is 18.4 Å². The van der Waals surface area contributed by atoms with Crippen LogP contribution >= 0.6 is 11.8 Å². The number of fused-ring (bicyclic) bond motifs is 1. The Morgan fingerprint density at radius 3 is 2.48 bits per heavy atom. The molecule has 3 amide bonds. The van der Waals surface area contributed by atoms with Crippen LogP contribution in [0.15, 0.2) is 47.5 Å². The molecule has 2 aliphatic heterocycles. The summed E-state index contributed by atoms with van der Waals surface area (Å²) in [4.78, 5) is 39.9. The summed E-state index contributed by atoms with van der Waals surface area (Å²) in [6.07, 6.45) is -6.19. The van der Waals surface area contributed by atoms with Crippen LogP contribution in [-0.4, -0.2) is 62.8 Å². The molecular formula is C32H32F6N4O5S. The molecule has 1 atom stereocenters. The Bertz CT molecular complexity index is 1760. The lowest BCUT2D eigenvalue weighted by Crippen LogP contribution is -2.56. The summed E-state index contributed by atoms with van der Waals surface area (Å²) in [5.74, 6) is -0.521. The highest BCUT2D eigenvalue weighted by Crippen LogP contribution is 2.38. The third kappa shape index (κ3) is 8.14. The van der Waals surface area contributed by atoms with Gasteiger partial charge in [-0.25, -0.2) is 4.79 Å². The molecule has 1 aromatic heterocycles. The van der Waals surface area contributed by atoms with Crippen LogP contribution in [0.2, 0.25) is 0 Å². The van der Waals surface area contributed by atoms with Gasteiger partial charge in [0.15, 0.2) is 0 Å². The minimum atomic E-state index is -5.02. The van der Waals surface area contributed by atoms with Crippen molar-refractivity contribution in [3.05, 3.63) is 69.8 Å². The Morgan fingerprint density at radius 2 is 1.83 bits per heavy atom. The van der Waals surface area contributed by atoms with Crippen LogP contribution in [0.25, 0.3) is 17.0 Å². The van der Waals surface area contributed by atoms with Crippen LogP contribution in [0.5, 0.6) is 0 Å². The first-order valence-corrected chi connectivity index (χ1v) is 15.7. The Balaban J connectivity index is 1.30. The molecule has 0 aliphatic carbocycles. The van der Waals surface area contributed by atoms with E-state index in [1.54, 1.807) is 39.0 Å². The molecule has 0 bridgehead atoms. The number of rotatable bonds is 7. The van der Waals surface area contributed by atoms with Gasteiger partial charge in [-0.15, -0.1) is 0 Å². The lowest BCUT2D eigenvalue weighted by atomic mass is 9.88. The monoisotopic (exact) mass is 698 g/mol. The standard InChI is InChI=1S/C32H32F6N4O5S/c1-29(2,3)47-27(44)40-30(9-4-12-46-18-30)10-11-41-26(43)25(48-28(41)45)14-19-5-8-24-21(13-19)16-39-42(24)17-20-6-7-22(31(33,34)35)15-23(20)32(36,37)38/h5-8,13-16H,4,9-12,17-18H2,1-3H3,(H,40,44). The van der Waals surface area contributed by atoms with E-state index >= 15 is 0 Å². The average Bonchev–Trinajstić information content (AvgIpc) is 3.48. The summed E-state index contributed by atoms with van der Waals surface area (Å²) in [6.45, 7) is 5.52. The zero-order chi connectivity index (χ0) is 35.1. The third-order valence-corrected chi connectivity index (χ3v) is 8.71. The molecule has 2 aromatic carbocycles. The fourth-order valence-electron chi connectivity index (χ4n) is 5.54. The molecule has 16 heteroatoms. The number of carbonyl (C=O) groups excluding carboxylic acids is 3. The molecular weight excluding hydrogens is 666 g/mol. The van der Waals surface area contributed by atoms with Crippen molar-refractivity contribution in [2.24, 2.45) is 0 Å². The number of imide groups is 1. The highest BCUT2D eigenvalue weighted by atomic mass is 32.2. The van der Waals surface area contributed by atoms with Crippen LogP contribution < -0.4 is 5.32 Å². The number of ether oxygens (including phenoxy) is 2. The summed E-state index contributed by atoms with van der Waals surface area (Å²) in [5.41, 5.74) is -3.82. The van der Waals surface area contributed by atoms with Gasteiger partial charge in [-0.05, 0) is 93.3 Å². The molecule has 1 unspecified atom stereocenters. The van der Waals surface area contributed by atoms with Crippen molar-refractivity contribution in [3.63, 3.8) is 0 Å². The fourth-order valence-corrected chi connectivity index (χ4v) is 6.40. The van der Waals surface area contributed by atoms with E-state index in [0.717, 1.165) is 22.7 Å². The molecule has 2 aliphatic rings. The second-order valence-electron chi connectivity index (χ2n) is 12.6. The topological polar surface area (TPSA) is 103 Å². The summed E-state index contributed by atoms with van der Waals surface area (Å²) < 4.78 is 92.5. The minimum absolute atomic E-state index is 0.0246. The summed E-state index contributed by atoms with van der Waals surface area (Å²) in [6, 6.07) is 6.26.